The van der Waals surface area contributed by atoms with E-state index in [1.165, 1.54) is 13.0 Å². The van der Waals surface area contributed by atoms with Gasteiger partial charge in [-0.3, -0.25) is 0 Å². The van der Waals surface area contributed by atoms with Gasteiger partial charge in [0.2, 0.25) is 0 Å². The normalized spacial score (nSPS) is 16.6. The fourth-order valence-corrected chi connectivity index (χ4v) is 1.17. The molecule has 0 bridgehead atoms. The molecule has 2 heteroatoms. The zero-order valence-corrected chi connectivity index (χ0v) is 6.75. The molecule has 1 nitrogen and oxygen atoms in total. The van der Waals surface area contributed by atoms with Gasteiger partial charge in [0.05, 0.1) is 0 Å². The molecule has 0 aromatic rings. The first-order valence-corrected chi connectivity index (χ1v) is 3.95. The Hall–Kier alpha value is -0.655. The van der Waals surface area contributed by atoms with Gasteiger partial charge < -0.3 is 4.81 Å². The standard InChI is InChI=1S/C8H14BN/c1-3-7-10-8-5-4-6-9(10)2/h4-6,8H,3,7H2,1-2H3. The van der Waals surface area contributed by atoms with Gasteiger partial charge in [0.15, 0.2) is 0 Å². The Balaban J connectivity index is 2.44. The van der Waals surface area contributed by atoms with Gasteiger partial charge in [-0.05, 0) is 18.7 Å². The third-order valence-electron chi connectivity index (χ3n) is 1.78. The van der Waals surface area contributed by atoms with Gasteiger partial charge in [0, 0.05) is 6.54 Å². The summed E-state index contributed by atoms with van der Waals surface area (Å²) in [5, 5.41) is 0. The fourth-order valence-electron chi connectivity index (χ4n) is 1.17. The molecule has 0 N–H and O–H groups in total. The molecule has 0 atom stereocenters. The Morgan fingerprint density at radius 1 is 1.40 bits per heavy atom. The van der Waals surface area contributed by atoms with E-state index in [1.807, 2.05) is 0 Å². The Morgan fingerprint density at radius 3 is 2.80 bits per heavy atom. The second-order valence-electron chi connectivity index (χ2n) is 2.70. The van der Waals surface area contributed by atoms with Crippen LogP contribution in [0, 0.1) is 0 Å². The van der Waals surface area contributed by atoms with Crippen molar-refractivity contribution in [2.45, 2.75) is 20.2 Å². The minimum absolute atomic E-state index is 0.588. The smallest absolute Gasteiger partial charge is 0.277 e. The van der Waals surface area contributed by atoms with E-state index in [9.17, 15) is 0 Å². The van der Waals surface area contributed by atoms with E-state index >= 15 is 0 Å². The zero-order chi connectivity index (χ0) is 7.40. The molecule has 0 aliphatic carbocycles. The van der Waals surface area contributed by atoms with Crippen LogP contribution in [0.4, 0.5) is 0 Å². The lowest BCUT2D eigenvalue weighted by atomic mass is 9.62. The van der Waals surface area contributed by atoms with Crippen LogP contribution >= 0.6 is 0 Å². The van der Waals surface area contributed by atoms with Gasteiger partial charge in [0.1, 0.15) is 0 Å². The summed E-state index contributed by atoms with van der Waals surface area (Å²) in [4.78, 5) is 2.35. The minimum atomic E-state index is 0.588. The summed E-state index contributed by atoms with van der Waals surface area (Å²) in [6, 6.07) is 0. The van der Waals surface area contributed by atoms with Crippen LogP contribution in [0.5, 0.6) is 0 Å². The number of nitrogens with zero attached hydrogens (tertiary/aromatic N) is 1. The van der Waals surface area contributed by atoms with E-state index in [2.05, 4.69) is 42.9 Å². The molecule has 0 unspecified atom stereocenters. The van der Waals surface area contributed by atoms with Crippen molar-refractivity contribution < 1.29 is 0 Å². The van der Waals surface area contributed by atoms with Crippen molar-refractivity contribution in [1.29, 1.82) is 0 Å². The zero-order valence-electron chi connectivity index (χ0n) is 6.75. The molecule has 0 saturated carbocycles. The first-order chi connectivity index (χ1) is 4.84. The van der Waals surface area contributed by atoms with Crippen LogP contribution in [0.2, 0.25) is 6.82 Å². The van der Waals surface area contributed by atoms with Crippen LogP contribution in [0.3, 0.4) is 0 Å². The summed E-state index contributed by atoms with van der Waals surface area (Å²) in [5.74, 6) is 2.22. The van der Waals surface area contributed by atoms with Crippen LogP contribution in [-0.2, 0) is 0 Å². The maximum absolute atomic E-state index is 2.35. The van der Waals surface area contributed by atoms with Gasteiger partial charge in [-0.15, -0.1) is 0 Å². The van der Waals surface area contributed by atoms with Crippen molar-refractivity contribution in [2.75, 3.05) is 6.54 Å². The third kappa shape index (κ3) is 1.66. The van der Waals surface area contributed by atoms with Crippen LogP contribution in [0.25, 0.3) is 0 Å². The molecule has 0 radical (unpaired) electrons. The third-order valence-corrected chi connectivity index (χ3v) is 1.78. The van der Waals surface area contributed by atoms with Crippen LogP contribution in [-0.4, -0.2) is 18.2 Å². The molecule has 54 valence electrons. The lowest BCUT2D eigenvalue weighted by molar-refractivity contribution is 0.568. The maximum Gasteiger partial charge on any atom is 0.277 e. The fraction of sp³-hybridized carbons (Fsp3) is 0.500. The van der Waals surface area contributed by atoms with Crippen molar-refractivity contribution in [2.24, 2.45) is 0 Å². The van der Waals surface area contributed by atoms with Crippen molar-refractivity contribution >= 4 is 6.85 Å². The molecule has 1 aliphatic rings. The lowest BCUT2D eigenvalue weighted by Gasteiger charge is -2.24. The molecule has 1 rings (SSSR count). The van der Waals surface area contributed by atoms with Gasteiger partial charge in [-0.1, -0.05) is 25.8 Å². The SMILES string of the molecule is CCCN1C=CC=CB1C. The topological polar surface area (TPSA) is 3.24 Å². The number of rotatable bonds is 2. The Kier molecular flexibility index (Phi) is 2.61. The van der Waals surface area contributed by atoms with E-state index in [0.717, 1.165) is 0 Å². The Morgan fingerprint density at radius 2 is 2.20 bits per heavy atom. The van der Waals surface area contributed by atoms with E-state index in [1.54, 1.807) is 0 Å². The highest BCUT2D eigenvalue weighted by Gasteiger charge is 2.11. The molecule has 10 heavy (non-hydrogen) atoms. The molecule has 1 heterocycles. The molecule has 0 amide bonds. The first-order valence-electron chi connectivity index (χ1n) is 3.95. The average Bonchev–Trinajstić information content (AvgIpc) is 1.94. The minimum Gasteiger partial charge on any atom is -0.417 e. The Bertz CT molecular complexity index is 151. The molecule has 0 spiro atoms. The van der Waals surface area contributed by atoms with Gasteiger partial charge >= 0.3 is 0 Å². The first kappa shape index (κ1) is 7.45. The quantitative estimate of drug-likeness (QED) is 0.523. The number of hydrogen-bond donors (Lipinski definition) is 0. The molecule has 0 fully saturated rings. The highest BCUT2D eigenvalue weighted by atomic mass is 15.0. The second-order valence-corrected chi connectivity index (χ2v) is 2.70. The van der Waals surface area contributed by atoms with E-state index in [-0.39, 0.29) is 0 Å². The summed E-state index contributed by atoms with van der Waals surface area (Å²) >= 11 is 0. The monoisotopic (exact) mass is 135 g/mol. The second kappa shape index (κ2) is 3.50. The van der Waals surface area contributed by atoms with E-state index in [0.29, 0.717) is 6.85 Å². The van der Waals surface area contributed by atoms with Gasteiger partial charge in [0.25, 0.3) is 6.85 Å². The Labute approximate surface area is 63.5 Å². The summed E-state index contributed by atoms with van der Waals surface area (Å²) < 4.78 is 0. The summed E-state index contributed by atoms with van der Waals surface area (Å²) in [6.07, 6.45) is 7.59. The average molecular weight is 135 g/mol. The van der Waals surface area contributed by atoms with Crippen molar-refractivity contribution in [1.82, 2.24) is 4.81 Å². The lowest BCUT2D eigenvalue weighted by Crippen LogP contribution is -2.32. The van der Waals surface area contributed by atoms with Crippen molar-refractivity contribution in [3.05, 3.63) is 24.3 Å². The summed E-state index contributed by atoms with van der Waals surface area (Å²) in [5.41, 5.74) is 0. The summed E-state index contributed by atoms with van der Waals surface area (Å²) in [7, 11) is 0. The van der Waals surface area contributed by atoms with E-state index in [4.69, 9.17) is 0 Å². The predicted octanol–water partition coefficient (Wildman–Crippen LogP) is 1.94. The number of allylic oxidation sites excluding steroid dienone is 2. The predicted molar refractivity (Wildman–Crippen MR) is 46.9 cm³/mol. The van der Waals surface area contributed by atoms with E-state index < -0.39 is 0 Å². The van der Waals surface area contributed by atoms with Crippen LogP contribution < -0.4 is 0 Å². The largest absolute Gasteiger partial charge is 0.417 e. The van der Waals surface area contributed by atoms with Crippen LogP contribution in [0.15, 0.2) is 24.3 Å². The molecular formula is C8H14BN. The van der Waals surface area contributed by atoms with Crippen LogP contribution in [0.1, 0.15) is 13.3 Å². The van der Waals surface area contributed by atoms with Gasteiger partial charge in [-0.2, -0.15) is 0 Å². The molecule has 1 aliphatic heterocycles. The highest BCUT2D eigenvalue weighted by molar-refractivity contribution is 6.60. The molecular weight excluding hydrogens is 121 g/mol. The van der Waals surface area contributed by atoms with Gasteiger partial charge in [-0.25, -0.2) is 0 Å². The highest BCUT2D eigenvalue weighted by Crippen LogP contribution is 2.04. The number of hydrogen-bond acceptors (Lipinski definition) is 1. The molecule has 0 saturated heterocycles. The molecule has 0 aromatic carbocycles. The summed E-state index contributed by atoms with van der Waals surface area (Å²) in [6.45, 7) is 6.18. The molecule has 0 aromatic heterocycles. The van der Waals surface area contributed by atoms with Crippen molar-refractivity contribution in [3.8, 4) is 0 Å². The van der Waals surface area contributed by atoms with Crippen molar-refractivity contribution in [3.63, 3.8) is 0 Å². The maximum atomic E-state index is 2.35.